The first kappa shape index (κ1) is 18.3. The third kappa shape index (κ3) is 4.70. The summed E-state index contributed by atoms with van der Waals surface area (Å²) in [6.07, 6.45) is -2.34. The van der Waals surface area contributed by atoms with Crippen molar-refractivity contribution in [1.82, 2.24) is 15.3 Å². The Morgan fingerprint density at radius 1 is 1.29 bits per heavy atom. The number of nitrogens with one attached hydrogen (secondary N) is 1. The topological polar surface area (TPSA) is 64.1 Å². The Labute approximate surface area is 143 Å². The molecular weight excluding hydrogens is 336 g/mol. The summed E-state index contributed by atoms with van der Waals surface area (Å²) in [7, 11) is 0. The van der Waals surface area contributed by atoms with Crippen LogP contribution in [0, 0.1) is 6.92 Å². The minimum Gasteiger partial charge on any atom is -0.444 e. The van der Waals surface area contributed by atoms with Crippen LogP contribution < -0.4 is 5.32 Å². The van der Waals surface area contributed by atoms with Gasteiger partial charge in [0.15, 0.2) is 0 Å². The van der Waals surface area contributed by atoms with Gasteiger partial charge in [-0.25, -0.2) is 18.6 Å². The van der Waals surface area contributed by atoms with Crippen molar-refractivity contribution in [2.75, 3.05) is 0 Å². The second kappa shape index (κ2) is 7.21. The standard InChI is InChI=1S/C16H19F2N3O2S/c1-9-13(24-8-20-9)11-6-5-10(7-19-11)12(14(17)18)21-15(22)23-16(2,3)4/h5-8,12,14H,1-4H3,(H,21,22)/t12-/m1/s1. The molecule has 2 aromatic rings. The van der Waals surface area contributed by atoms with Crippen LogP contribution >= 0.6 is 11.3 Å². The second-order valence-corrected chi connectivity index (χ2v) is 7.06. The van der Waals surface area contributed by atoms with E-state index in [4.69, 9.17) is 4.74 Å². The molecule has 0 aromatic carbocycles. The van der Waals surface area contributed by atoms with Gasteiger partial charge in [0.1, 0.15) is 11.6 Å². The number of hydrogen-bond acceptors (Lipinski definition) is 5. The fourth-order valence-electron chi connectivity index (χ4n) is 2.00. The van der Waals surface area contributed by atoms with Gasteiger partial charge < -0.3 is 10.1 Å². The average Bonchev–Trinajstić information content (AvgIpc) is 2.89. The van der Waals surface area contributed by atoms with Crippen molar-refractivity contribution < 1.29 is 18.3 Å². The largest absolute Gasteiger partial charge is 0.444 e. The number of alkyl halides is 2. The minimum absolute atomic E-state index is 0.210. The normalized spacial score (nSPS) is 13.0. The zero-order valence-corrected chi connectivity index (χ0v) is 14.7. The molecule has 8 heteroatoms. The van der Waals surface area contributed by atoms with Gasteiger partial charge in [0.25, 0.3) is 6.43 Å². The molecule has 130 valence electrons. The van der Waals surface area contributed by atoms with Crippen LogP contribution in [0.15, 0.2) is 23.8 Å². The summed E-state index contributed by atoms with van der Waals surface area (Å²) in [5.41, 5.74) is 2.64. The number of pyridine rings is 1. The maximum Gasteiger partial charge on any atom is 0.408 e. The van der Waals surface area contributed by atoms with Crippen molar-refractivity contribution in [1.29, 1.82) is 0 Å². The molecule has 0 aliphatic carbocycles. The molecule has 0 fully saturated rings. The molecule has 24 heavy (non-hydrogen) atoms. The van der Waals surface area contributed by atoms with E-state index in [9.17, 15) is 13.6 Å². The summed E-state index contributed by atoms with van der Waals surface area (Å²) in [5, 5.41) is 2.19. The lowest BCUT2D eigenvalue weighted by molar-refractivity contribution is 0.0372. The smallest absolute Gasteiger partial charge is 0.408 e. The third-order valence-corrected chi connectivity index (χ3v) is 4.00. The van der Waals surface area contributed by atoms with Crippen LogP contribution in [0.4, 0.5) is 13.6 Å². The number of ether oxygens (including phenoxy) is 1. The number of aryl methyl sites for hydroxylation is 1. The summed E-state index contributed by atoms with van der Waals surface area (Å²) in [6.45, 7) is 6.85. The highest BCUT2D eigenvalue weighted by Gasteiger charge is 2.27. The Morgan fingerprint density at radius 3 is 2.46 bits per heavy atom. The lowest BCUT2D eigenvalue weighted by atomic mass is 10.1. The predicted octanol–water partition coefficient (Wildman–Crippen LogP) is 4.34. The van der Waals surface area contributed by atoms with E-state index in [1.807, 2.05) is 6.92 Å². The van der Waals surface area contributed by atoms with Crippen LogP contribution in [0.25, 0.3) is 10.6 Å². The minimum atomic E-state index is -2.78. The summed E-state index contributed by atoms with van der Waals surface area (Å²) in [5.74, 6) is 0. The number of alkyl carbamates (subject to hydrolysis) is 1. The quantitative estimate of drug-likeness (QED) is 0.886. The lowest BCUT2D eigenvalue weighted by Crippen LogP contribution is -2.37. The molecule has 1 N–H and O–H groups in total. The van der Waals surface area contributed by atoms with E-state index >= 15 is 0 Å². The van der Waals surface area contributed by atoms with Gasteiger partial charge in [-0.2, -0.15) is 0 Å². The highest BCUT2D eigenvalue weighted by molar-refractivity contribution is 7.13. The number of carbonyl (C=O) groups excluding carboxylic acids is 1. The molecule has 0 aliphatic rings. The maximum atomic E-state index is 13.3. The van der Waals surface area contributed by atoms with Gasteiger partial charge in [-0.15, -0.1) is 11.3 Å². The van der Waals surface area contributed by atoms with Gasteiger partial charge in [-0.1, -0.05) is 6.07 Å². The number of carbonyl (C=O) groups is 1. The highest BCUT2D eigenvalue weighted by Crippen LogP contribution is 2.27. The molecule has 0 bridgehead atoms. The fourth-order valence-corrected chi connectivity index (χ4v) is 2.78. The highest BCUT2D eigenvalue weighted by atomic mass is 32.1. The number of nitrogens with zero attached hydrogens (tertiary/aromatic N) is 2. The van der Waals surface area contributed by atoms with Crippen molar-refractivity contribution in [3.63, 3.8) is 0 Å². The van der Waals surface area contributed by atoms with Gasteiger partial charge in [0, 0.05) is 6.20 Å². The van der Waals surface area contributed by atoms with Crippen molar-refractivity contribution in [2.24, 2.45) is 0 Å². The van der Waals surface area contributed by atoms with E-state index in [1.54, 1.807) is 32.3 Å². The molecule has 0 unspecified atom stereocenters. The van der Waals surface area contributed by atoms with Crippen molar-refractivity contribution in [2.45, 2.75) is 45.8 Å². The summed E-state index contributed by atoms with van der Waals surface area (Å²) in [6, 6.07) is 1.68. The number of halogens is 2. The van der Waals surface area contributed by atoms with E-state index in [1.165, 1.54) is 23.6 Å². The summed E-state index contributed by atoms with van der Waals surface area (Å²) >= 11 is 1.43. The Hall–Kier alpha value is -2.09. The zero-order chi connectivity index (χ0) is 17.9. The number of hydrogen-bond donors (Lipinski definition) is 1. The van der Waals surface area contributed by atoms with E-state index in [2.05, 4.69) is 15.3 Å². The van der Waals surface area contributed by atoms with Crippen LogP contribution in [-0.2, 0) is 4.74 Å². The van der Waals surface area contributed by atoms with Crippen molar-refractivity contribution in [3.8, 4) is 10.6 Å². The van der Waals surface area contributed by atoms with Gasteiger partial charge >= 0.3 is 6.09 Å². The molecule has 2 aromatic heterocycles. The van der Waals surface area contributed by atoms with Gasteiger partial charge in [-0.05, 0) is 39.3 Å². The first-order chi connectivity index (χ1) is 11.2. The predicted molar refractivity (Wildman–Crippen MR) is 88.2 cm³/mol. The van der Waals surface area contributed by atoms with Gasteiger partial charge in [0.2, 0.25) is 0 Å². The molecule has 1 atom stereocenters. The molecule has 0 saturated carbocycles. The Morgan fingerprint density at radius 2 is 2.00 bits per heavy atom. The molecule has 2 heterocycles. The number of aromatic nitrogens is 2. The van der Waals surface area contributed by atoms with E-state index < -0.39 is 24.2 Å². The SMILES string of the molecule is Cc1ncsc1-c1ccc([C@@H](NC(=O)OC(C)(C)C)C(F)F)cn1. The van der Waals surface area contributed by atoms with E-state index in [0.29, 0.717) is 5.69 Å². The van der Waals surface area contributed by atoms with Gasteiger partial charge in [-0.3, -0.25) is 4.98 Å². The van der Waals surface area contributed by atoms with Crippen LogP contribution in [0.2, 0.25) is 0 Å². The second-order valence-electron chi connectivity index (χ2n) is 6.20. The van der Waals surface area contributed by atoms with Crippen molar-refractivity contribution in [3.05, 3.63) is 35.1 Å². The molecule has 0 saturated heterocycles. The van der Waals surface area contributed by atoms with Crippen LogP contribution in [0.3, 0.4) is 0 Å². The Balaban J connectivity index is 2.17. The molecule has 2 rings (SSSR count). The number of thiazole rings is 1. The van der Waals surface area contributed by atoms with Crippen LogP contribution in [0.5, 0.6) is 0 Å². The number of rotatable bonds is 4. The Bertz CT molecular complexity index is 696. The van der Waals surface area contributed by atoms with E-state index in [-0.39, 0.29) is 5.56 Å². The van der Waals surface area contributed by atoms with Crippen molar-refractivity contribution >= 4 is 17.4 Å². The molecule has 0 spiro atoms. The average molecular weight is 355 g/mol. The summed E-state index contributed by atoms with van der Waals surface area (Å²) < 4.78 is 31.6. The summed E-state index contributed by atoms with van der Waals surface area (Å²) in [4.78, 5) is 21.0. The van der Waals surface area contributed by atoms with Crippen LogP contribution in [0.1, 0.15) is 38.1 Å². The lowest BCUT2D eigenvalue weighted by Gasteiger charge is -2.23. The van der Waals surface area contributed by atoms with Gasteiger partial charge in [0.05, 0.1) is 21.8 Å². The maximum absolute atomic E-state index is 13.3. The van der Waals surface area contributed by atoms with E-state index in [0.717, 1.165) is 10.6 Å². The molecule has 0 aliphatic heterocycles. The Kier molecular flexibility index (Phi) is 5.48. The number of amides is 1. The zero-order valence-electron chi connectivity index (χ0n) is 13.8. The molecule has 1 amide bonds. The fraction of sp³-hybridized carbons (Fsp3) is 0.438. The first-order valence-electron chi connectivity index (χ1n) is 7.31. The monoisotopic (exact) mass is 355 g/mol. The van der Waals surface area contributed by atoms with Crippen LogP contribution in [-0.4, -0.2) is 28.1 Å². The molecule has 0 radical (unpaired) electrons. The first-order valence-corrected chi connectivity index (χ1v) is 8.19. The third-order valence-electron chi connectivity index (χ3n) is 3.05. The molecular formula is C16H19F2N3O2S. The molecule has 5 nitrogen and oxygen atoms in total.